The predicted octanol–water partition coefficient (Wildman–Crippen LogP) is 3.20. The van der Waals surface area contributed by atoms with Gasteiger partial charge in [0.15, 0.2) is 0 Å². The highest BCUT2D eigenvalue weighted by atomic mass is 16.6. The summed E-state index contributed by atoms with van der Waals surface area (Å²) in [6.45, 7) is 6.64. The molecule has 0 aromatic carbocycles. The van der Waals surface area contributed by atoms with Crippen molar-refractivity contribution in [3.05, 3.63) is 24.0 Å². The van der Waals surface area contributed by atoms with Crippen molar-refractivity contribution in [2.45, 2.75) is 64.5 Å². The maximum atomic E-state index is 12.7. The molecule has 154 valence electrons. The first-order valence-corrected chi connectivity index (χ1v) is 10.6. The SMILES string of the molecule is CCOC(=O)N1CCC(NC(=O)c2cncc(N3CCCCC3CC)c2)CC1. The molecular weight excluding hydrogens is 356 g/mol. The van der Waals surface area contributed by atoms with Gasteiger partial charge in [0.2, 0.25) is 0 Å². The molecule has 1 aromatic rings. The van der Waals surface area contributed by atoms with E-state index in [1.54, 1.807) is 18.0 Å². The summed E-state index contributed by atoms with van der Waals surface area (Å²) >= 11 is 0. The Hall–Kier alpha value is -2.31. The smallest absolute Gasteiger partial charge is 0.409 e. The molecule has 3 rings (SSSR count). The van der Waals surface area contributed by atoms with Gasteiger partial charge in [-0.1, -0.05) is 6.92 Å². The third kappa shape index (κ3) is 4.94. The van der Waals surface area contributed by atoms with Gasteiger partial charge in [-0.25, -0.2) is 4.79 Å². The molecule has 2 aliphatic heterocycles. The molecular formula is C21H32N4O3. The van der Waals surface area contributed by atoms with E-state index in [1.165, 1.54) is 19.3 Å². The lowest BCUT2D eigenvalue weighted by Crippen LogP contribution is -2.46. The number of carbonyl (C=O) groups excluding carboxylic acids is 2. The molecule has 0 radical (unpaired) electrons. The molecule has 2 fully saturated rings. The molecule has 0 aliphatic carbocycles. The van der Waals surface area contributed by atoms with Crippen molar-refractivity contribution in [1.82, 2.24) is 15.2 Å². The number of carbonyl (C=O) groups is 2. The van der Waals surface area contributed by atoms with Gasteiger partial charge in [-0.2, -0.15) is 0 Å². The lowest BCUT2D eigenvalue weighted by molar-refractivity contribution is 0.0860. The van der Waals surface area contributed by atoms with E-state index in [4.69, 9.17) is 4.74 Å². The summed E-state index contributed by atoms with van der Waals surface area (Å²) in [5.41, 5.74) is 1.64. The molecule has 7 nitrogen and oxygen atoms in total. The highest BCUT2D eigenvalue weighted by molar-refractivity contribution is 5.95. The van der Waals surface area contributed by atoms with Crippen molar-refractivity contribution in [3.8, 4) is 0 Å². The van der Waals surface area contributed by atoms with Crippen molar-refractivity contribution < 1.29 is 14.3 Å². The fourth-order valence-electron chi connectivity index (χ4n) is 4.16. The van der Waals surface area contributed by atoms with Gasteiger partial charge in [0.1, 0.15) is 0 Å². The topological polar surface area (TPSA) is 74.8 Å². The summed E-state index contributed by atoms with van der Waals surface area (Å²) in [6, 6.07) is 2.56. The number of pyridine rings is 1. The number of piperidine rings is 2. The summed E-state index contributed by atoms with van der Waals surface area (Å²) in [5, 5.41) is 3.11. The third-order valence-corrected chi connectivity index (χ3v) is 5.77. The molecule has 28 heavy (non-hydrogen) atoms. The monoisotopic (exact) mass is 388 g/mol. The number of amides is 2. The Morgan fingerprint density at radius 3 is 2.64 bits per heavy atom. The van der Waals surface area contributed by atoms with E-state index >= 15 is 0 Å². The summed E-state index contributed by atoms with van der Waals surface area (Å²) in [4.78, 5) is 33.0. The second-order valence-electron chi connectivity index (χ2n) is 7.62. The van der Waals surface area contributed by atoms with Crippen molar-refractivity contribution in [3.63, 3.8) is 0 Å². The quantitative estimate of drug-likeness (QED) is 0.838. The van der Waals surface area contributed by atoms with Gasteiger partial charge in [-0.15, -0.1) is 0 Å². The molecule has 1 N–H and O–H groups in total. The highest BCUT2D eigenvalue weighted by Gasteiger charge is 2.26. The minimum Gasteiger partial charge on any atom is -0.450 e. The molecule has 0 bridgehead atoms. The maximum absolute atomic E-state index is 12.7. The molecule has 3 heterocycles. The number of nitrogens with zero attached hydrogens (tertiary/aromatic N) is 3. The minimum absolute atomic E-state index is 0.0696. The molecule has 7 heteroatoms. The zero-order valence-electron chi connectivity index (χ0n) is 17.0. The summed E-state index contributed by atoms with van der Waals surface area (Å²) in [7, 11) is 0. The van der Waals surface area contributed by atoms with Gasteiger partial charge in [0.25, 0.3) is 5.91 Å². The number of ether oxygens (including phenoxy) is 1. The van der Waals surface area contributed by atoms with Crippen LogP contribution in [-0.4, -0.2) is 60.2 Å². The molecule has 2 amide bonds. The van der Waals surface area contributed by atoms with Crippen molar-refractivity contribution in [1.29, 1.82) is 0 Å². The molecule has 2 saturated heterocycles. The average molecular weight is 389 g/mol. The molecule has 1 aromatic heterocycles. The van der Waals surface area contributed by atoms with E-state index in [-0.39, 0.29) is 18.0 Å². The number of anilines is 1. The van der Waals surface area contributed by atoms with Gasteiger partial charge in [-0.3, -0.25) is 9.78 Å². The Kier molecular flexibility index (Phi) is 7.12. The van der Waals surface area contributed by atoms with E-state index in [1.807, 2.05) is 12.3 Å². The number of aromatic nitrogens is 1. The van der Waals surface area contributed by atoms with Gasteiger partial charge in [0.05, 0.1) is 24.1 Å². The number of likely N-dealkylation sites (tertiary alicyclic amines) is 1. The Morgan fingerprint density at radius 1 is 1.14 bits per heavy atom. The molecule has 0 spiro atoms. The fraction of sp³-hybridized carbons (Fsp3) is 0.667. The number of nitrogens with one attached hydrogen (secondary N) is 1. The Balaban J connectivity index is 1.57. The maximum Gasteiger partial charge on any atom is 0.409 e. The number of rotatable bonds is 5. The summed E-state index contributed by atoms with van der Waals surface area (Å²) in [6.07, 6.45) is 9.47. The van der Waals surface area contributed by atoms with Gasteiger partial charge < -0.3 is 19.9 Å². The van der Waals surface area contributed by atoms with Crippen molar-refractivity contribution >= 4 is 17.7 Å². The summed E-state index contributed by atoms with van der Waals surface area (Å²) in [5.74, 6) is -0.0889. The van der Waals surface area contributed by atoms with Crippen LogP contribution in [0.2, 0.25) is 0 Å². The normalized spacial score (nSPS) is 20.7. The van der Waals surface area contributed by atoms with Gasteiger partial charge in [-0.05, 0) is 51.5 Å². The Morgan fingerprint density at radius 2 is 1.93 bits per heavy atom. The largest absolute Gasteiger partial charge is 0.450 e. The number of hydrogen-bond acceptors (Lipinski definition) is 5. The minimum atomic E-state index is -0.267. The van der Waals surface area contributed by atoms with Crippen molar-refractivity contribution in [2.75, 3.05) is 31.1 Å². The summed E-state index contributed by atoms with van der Waals surface area (Å²) < 4.78 is 5.04. The number of hydrogen-bond donors (Lipinski definition) is 1. The Labute approximate surface area is 167 Å². The first kappa shape index (κ1) is 20.4. The molecule has 0 saturated carbocycles. The van der Waals surface area contributed by atoms with Crippen LogP contribution >= 0.6 is 0 Å². The molecule has 1 atom stereocenters. The fourth-order valence-corrected chi connectivity index (χ4v) is 4.16. The van der Waals surface area contributed by atoms with Crippen LogP contribution in [0.5, 0.6) is 0 Å². The van der Waals surface area contributed by atoms with Crippen LogP contribution < -0.4 is 10.2 Å². The lowest BCUT2D eigenvalue weighted by Gasteiger charge is -2.37. The van der Waals surface area contributed by atoms with E-state index in [2.05, 4.69) is 22.1 Å². The second-order valence-corrected chi connectivity index (χ2v) is 7.62. The van der Waals surface area contributed by atoms with Crippen molar-refractivity contribution in [2.24, 2.45) is 0 Å². The van der Waals surface area contributed by atoms with E-state index in [0.717, 1.165) is 31.5 Å². The zero-order chi connectivity index (χ0) is 19.9. The van der Waals surface area contributed by atoms with E-state index < -0.39 is 0 Å². The van der Waals surface area contributed by atoms with Crippen LogP contribution in [0.25, 0.3) is 0 Å². The average Bonchev–Trinajstić information content (AvgIpc) is 2.74. The van der Waals surface area contributed by atoms with E-state index in [9.17, 15) is 9.59 Å². The van der Waals surface area contributed by atoms with Crippen LogP contribution in [0.4, 0.5) is 10.5 Å². The third-order valence-electron chi connectivity index (χ3n) is 5.77. The molecule has 2 aliphatic rings. The first-order valence-electron chi connectivity index (χ1n) is 10.6. The predicted molar refractivity (Wildman–Crippen MR) is 109 cm³/mol. The van der Waals surface area contributed by atoms with Crippen LogP contribution in [0.15, 0.2) is 18.5 Å². The standard InChI is InChI=1S/C21H32N4O3/c1-3-18-7-5-6-10-25(18)19-13-16(14-22-15-19)20(26)23-17-8-11-24(12-9-17)21(27)28-4-2/h13-15,17-18H,3-12H2,1-2H3,(H,23,26). The van der Waals surface area contributed by atoms with Crippen LogP contribution in [0, 0.1) is 0 Å². The Bertz CT molecular complexity index is 673. The van der Waals surface area contributed by atoms with Crippen LogP contribution in [0.3, 0.4) is 0 Å². The zero-order valence-corrected chi connectivity index (χ0v) is 17.0. The second kappa shape index (κ2) is 9.75. The highest BCUT2D eigenvalue weighted by Crippen LogP contribution is 2.26. The molecule has 1 unspecified atom stereocenters. The lowest BCUT2D eigenvalue weighted by atomic mass is 9.99. The van der Waals surface area contributed by atoms with Gasteiger partial charge in [0, 0.05) is 37.9 Å². The van der Waals surface area contributed by atoms with Gasteiger partial charge >= 0.3 is 6.09 Å². The van der Waals surface area contributed by atoms with Crippen LogP contribution in [-0.2, 0) is 4.74 Å². The van der Waals surface area contributed by atoms with E-state index in [0.29, 0.717) is 31.3 Å². The first-order chi connectivity index (χ1) is 13.6. The van der Waals surface area contributed by atoms with Crippen LogP contribution in [0.1, 0.15) is 62.7 Å².